The lowest BCUT2D eigenvalue weighted by molar-refractivity contribution is -0.132. The first-order valence-corrected chi connectivity index (χ1v) is 10.9. The summed E-state index contributed by atoms with van der Waals surface area (Å²) >= 11 is 12.5. The largest absolute Gasteiger partial charge is 0.366 e. The Morgan fingerprint density at radius 1 is 1.26 bits per heavy atom. The van der Waals surface area contributed by atoms with Crippen LogP contribution in [-0.4, -0.2) is 70.4 Å². The third-order valence-corrected chi connectivity index (χ3v) is 5.74. The summed E-state index contributed by atoms with van der Waals surface area (Å²) in [6.45, 7) is 1.86. The van der Waals surface area contributed by atoms with E-state index in [0.29, 0.717) is 47.1 Å². The molecule has 0 spiro atoms. The lowest BCUT2D eigenvalue weighted by atomic mass is 10.0. The number of aromatic amines is 1. The quantitative estimate of drug-likeness (QED) is 0.514. The number of carbonyl (C=O) groups excluding carboxylic acids is 1. The van der Waals surface area contributed by atoms with Crippen molar-refractivity contribution in [3.8, 4) is 0 Å². The molecule has 1 amide bonds. The maximum Gasteiger partial charge on any atom is 0.236 e. The molecular weight excluding hydrogens is 437 g/mol. The highest BCUT2D eigenvalue weighted by molar-refractivity contribution is 6.36. The summed E-state index contributed by atoms with van der Waals surface area (Å²) in [5, 5.41) is 8.66. The molecule has 0 atom stereocenters. The minimum absolute atomic E-state index is 0.162. The molecule has 4 rings (SSSR count). The topological polar surface area (TPSA) is 89.2 Å². The second-order valence-electron chi connectivity index (χ2n) is 7.93. The van der Waals surface area contributed by atoms with Crippen molar-refractivity contribution < 1.29 is 4.79 Å². The maximum absolute atomic E-state index is 12.3. The Bertz CT molecular complexity index is 1080. The van der Waals surface area contributed by atoms with Crippen LogP contribution in [0.2, 0.25) is 10.0 Å². The first kappa shape index (κ1) is 21.7. The molecule has 31 heavy (non-hydrogen) atoms. The van der Waals surface area contributed by atoms with E-state index in [1.807, 2.05) is 48.2 Å². The van der Waals surface area contributed by atoms with Crippen LogP contribution in [0.4, 0.5) is 17.5 Å². The van der Waals surface area contributed by atoms with Crippen molar-refractivity contribution in [2.45, 2.75) is 18.9 Å². The molecule has 8 nitrogen and oxygen atoms in total. The zero-order valence-corrected chi connectivity index (χ0v) is 19.0. The number of likely N-dealkylation sites (N-methyl/N-ethyl adjacent to an activating group) is 1. The van der Waals surface area contributed by atoms with Crippen LogP contribution in [0.3, 0.4) is 0 Å². The van der Waals surface area contributed by atoms with Gasteiger partial charge in [-0.1, -0.05) is 29.3 Å². The van der Waals surface area contributed by atoms with Gasteiger partial charge in [-0.15, -0.1) is 0 Å². The number of anilines is 3. The Labute approximate surface area is 190 Å². The molecular formula is C21H25Cl2N7O. The van der Waals surface area contributed by atoms with Crippen LogP contribution in [0.15, 0.2) is 30.5 Å². The Morgan fingerprint density at radius 2 is 2.03 bits per heavy atom. The van der Waals surface area contributed by atoms with Crippen LogP contribution >= 0.6 is 23.2 Å². The predicted molar refractivity (Wildman–Crippen MR) is 125 cm³/mol. The zero-order chi connectivity index (χ0) is 22.0. The molecule has 164 valence electrons. The Hall–Kier alpha value is -2.55. The van der Waals surface area contributed by atoms with Gasteiger partial charge in [0.05, 0.1) is 17.0 Å². The summed E-state index contributed by atoms with van der Waals surface area (Å²) in [7, 11) is 3.81. The van der Waals surface area contributed by atoms with Crippen molar-refractivity contribution in [1.82, 2.24) is 24.8 Å². The minimum Gasteiger partial charge on any atom is -0.366 e. The van der Waals surface area contributed by atoms with E-state index in [1.54, 1.807) is 6.20 Å². The number of likely N-dealkylation sites (tertiary alicyclic amines) is 1. The molecule has 3 aromatic rings. The van der Waals surface area contributed by atoms with Crippen molar-refractivity contribution in [2.24, 2.45) is 0 Å². The fraction of sp³-hybridized carbons (Fsp3) is 0.381. The fourth-order valence-corrected chi connectivity index (χ4v) is 4.11. The molecule has 0 radical (unpaired) electrons. The monoisotopic (exact) mass is 461 g/mol. The fourth-order valence-electron chi connectivity index (χ4n) is 3.69. The first-order chi connectivity index (χ1) is 14.9. The number of benzene rings is 1. The van der Waals surface area contributed by atoms with Crippen LogP contribution in [0.5, 0.6) is 0 Å². The van der Waals surface area contributed by atoms with Crippen LogP contribution in [0, 0.1) is 0 Å². The molecule has 0 saturated carbocycles. The van der Waals surface area contributed by atoms with Crippen LogP contribution in [0.25, 0.3) is 11.0 Å². The van der Waals surface area contributed by atoms with Crippen molar-refractivity contribution >= 4 is 57.6 Å². The van der Waals surface area contributed by atoms with E-state index in [4.69, 9.17) is 23.2 Å². The van der Waals surface area contributed by atoms with Crippen molar-refractivity contribution in [1.29, 1.82) is 0 Å². The number of H-pyrrole nitrogens is 1. The smallest absolute Gasteiger partial charge is 0.236 e. The predicted octanol–water partition coefficient (Wildman–Crippen LogP) is 3.97. The van der Waals surface area contributed by atoms with Gasteiger partial charge < -0.3 is 25.4 Å². The molecule has 1 fully saturated rings. The molecule has 1 aliphatic rings. The highest BCUT2D eigenvalue weighted by atomic mass is 35.5. The van der Waals surface area contributed by atoms with Gasteiger partial charge in [0.25, 0.3) is 0 Å². The van der Waals surface area contributed by atoms with Gasteiger partial charge in [-0.2, -0.15) is 9.97 Å². The third kappa shape index (κ3) is 5.20. The van der Waals surface area contributed by atoms with Crippen molar-refractivity contribution in [3.63, 3.8) is 0 Å². The number of carbonyl (C=O) groups is 1. The van der Waals surface area contributed by atoms with Gasteiger partial charge in [-0.3, -0.25) is 4.79 Å². The number of aromatic nitrogens is 3. The lowest BCUT2D eigenvalue weighted by Gasteiger charge is -2.33. The SMILES string of the molecule is CN(C)CC(=O)N1CCC(Nc2nc(Nc3cccc(Cl)c3)nc3[nH]cc(Cl)c23)CC1. The number of piperidine rings is 1. The van der Waals surface area contributed by atoms with Crippen molar-refractivity contribution in [3.05, 3.63) is 40.5 Å². The van der Waals surface area contributed by atoms with E-state index in [1.165, 1.54) is 0 Å². The third-order valence-electron chi connectivity index (χ3n) is 5.20. The van der Waals surface area contributed by atoms with Gasteiger partial charge >= 0.3 is 0 Å². The molecule has 3 N–H and O–H groups in total. The molecule has 1 aromatic carbocycles. The standard InChI is InChI=1S/C21H25Cl2N7O/c1-29(2)12-17(31)30-8-6-14(7-9-30)25-20-18-16(23)11-24-19(18)27-21(28-20)26-15-5-3-4-13(22)10-15/h3-5,10-11,14H,6-9,12H2,1-2H3,(H3,24,25,26,27,28). The number of amides is 1. The van der Waals surface area contributed by atoms with Gasteiger partial charge in [-0.05, 0) is 45.1 Å². The van der Waals surface area contributed by atoms with Gasteiger partial charge in [-0.25, -0.2) is 0 Å². The number of nitrogens with zero attached hydrogens (tertiary/aromatic N) is 4. The molecule has 0 unspecified atom stereocenters. The van der Waals surface area contributed by atoms with Gasteiger partial charge in [0.15, 0.2) is 0 Å². The summed E-state index contributed by atoms with van der Waals surface area (Å²) in [5.41, 5.74) is 1.44. The van der Waals surface area contributed by atoms with Crippen LogP contribution in [0.1, 0.15) is 12.8 Å². The number of hydrogen-bond acceptors (Lipinski definition) is 6. The van der Waals surface area contributed by atoms with Gasteiger partial charge in [0.2, 0.25) is 11.9 Å². The average Bonchev–Trinajstić information content (AvgIpc) is 3.09. The second kappa shape index (κ2) is 9.30. The highest BCUT2D eigenvalue weighted by Crippen LogP contribution is 2.31. The zero-order valence-electron chi connectivity index (χ0n) is 17.5. The Morgan fingerprint density at radius 3 is 2.74 bits per heavy atom. The summed E-state index contributed by atoms with van der Waals surface area (Å²) < 4.78 is 0. The molecule has 2 aromatic heterocycles. The molecule has 10 heteroatoms. The van der Waals surface area contributed by atoms with E-state index in [2.05, 4.69) is 25.6 Å². The first-order valence-electron chi connectivity index (χ1n) is 10.2. The van der Waals surface area contributed by atoms with E-state index < -0.39 is 0 Å². The number of halogens is 2. The Balaban J connectivity index is 1.50. The molecule has 1 saturated heterocycles. The van der Waals surface area contributed by atoms with E-state index >= 15 is 0 Å². The van der Waals surface area contributed by atoms with Crippen molar-refractivity contribution in [2.75, 3.05) is 44.4 Å². The minimum atomic E-state index is 0.162. The molecule has 0 bridgehead atoms. The highest BCUT2D eigenvalue weighted by Gasteiger charge is 2.24. The summed E-state index contributed by atoms with van der Waals surface area (Å²) in [6.07, 6.45) is 3.38. The number of hydrogen-bond donors (Lipinski definition) is 3. The maximum atomic E-state index is 12.3. The van der Waals surface area contributed by atoms with E-state index in [9.17, 15) is 4.79 Å². The van der Waals surface area contributed by atoms with E-state index in [0.717, 1.165) is 23.9 Å². The number of fused-ring (bicyclic) bond motifs is 1. The Kier molecular flexibility index (Phi) is 6.50. The van der Waals surface area contributed by atoms with Crippen LogP contribution < -0.4 is 10.6 Å². The summed E-state index contributed by atoms with van der Waals surface area (Å²) in [6, 6.07) is 7.56. The average molecular weight is 462 g/mol. The normalized spacial score (nSPS) is 14.9. The molecule has 3 heterocycles. The summed E-state index contributed by atoms with van der Waals surface area (Å²) in [5.74, 6) is 1.27. The van der Waals surface area contributed by atoms with E-state index in [-0.39, 0.29) is 11.9 Å². The van der Waals surface area contributed by atoms with Crippen LogP contribution in [-0.2, 0) is 4.79 Å². The lowest BCUT2D eigenvalue weighted by Crippen LogP contribution is -2.45. The van der Waals surface area contributed by atoms with Gasteiger partial charge in [0, 0.05) is 36.0 Å². The summed E-state index contributed by atoms with van der Waals surface area (Å²) in [4.78, 5) is 28.4. The number of rotatable bonds is 6. The van der Waals surface area contributed by atoms with Gasteiger partial charge in [0.1, 0.15) is 11.5 Å². The second-order valence-corrected chi connectivity index (χ2v) is 8.77. The molecule has 1 aliphatic heterocycles. The number of nitrogens with one attached hydrogen (secondary N) is 3. The molecule has 0 aliphatic carbocycles.